The second-order valence-corrected chi connectivity index (χ2v) is 3.25. The van der Waals surface area contributed by atoms with Gasteiger partial charge in [0.15, 0.2) is 0 Å². The predicted octanol–water partition coefficient (Wildman–Crippen LogP) is 0.0560. The van der Waals surface area contributed by atoms with Gasteiger partial charge in [0.05, 0.1) is 6.61 Å². The Morgan fingerprint density at radius 1 is 1.40 bits per heavy atom. The monoisotopic (exact) mass is 219 g/mol. The highest BCUT2D eigenvalue weighted by molar-refractivity contribution is 5.75. The molecule has 0 rings (SSSR count). The highest BCUT2D eigenvalue weighted by atomic mass is 16.6. The number of hydrogen-bond acceptors (Lipinski definition) is 5. The topological polar surface area (TPSA) is 81.8 Å². The van der Waals surface area contributed by atoms with Crippen molar-refractivity contribution < 1.29 is 19.4 Å². The van der Waals surface area contributed by atoms with E-state index in [1.165, 1.54) is 0 Å². The third-order valence-electron chi connectivity index (χ3n) is 1.86. The van der Waals surface area contributed by atoms with Crippen molar-refractivity contribution in [2.45, 2.75) is 32.2 Å². The molecule has 0 saturated carbocycles. The molecule has 0 aromatic carbocycles. The van der Waals surface area contributed by atoms with E-state index in [0.29, 0.717) is 13.2 Å². The molecule has 90 valence electrons. The fourth-order valence-corrected chi connectivity index (χ4v) is 0.914. The Balaban J connectivity index is 3.30. The summed E-state index contributed by atoms with van der Waals surface area (Å²) < 4.78 is 10.0. The minimum absolute atomic E-state index is 0.108. The summed E-state index contributed by atoms with van der Waals surface area (Å²) in [6.45, 7) is 3.29. The first-order chi connectivity index (χ1) is 7.22. The summed E-state index contributed by atoms with van der Waals surface area (Å²) in [4.78, 5) is 11.1. The number of carbonyl (C=O) groups excluding carboxylic acids is 1. The van der Waals surface area contributed by atoms with Gasteiger partial charge in [-0.1, -0.05) is 13.3 Å². The van der Waals surface area contributed by atoms with Crippen LogP contribution in [0.3, 0.4) is 0 Å². The van der Waals surface area contributed by atoms with Crippen LogP contribution in [0.1, 0.15) is 26.2 Å². The van der Waals surface area contributed by atoms with Crippen LogP contribution >= 0.6 is 0 Å². The smallest absolute Gasteiger partial charge is 0.323 e. The van der Waals surface area contributed by atoms with E-state index in [-0.39, 0.29) is 19.6 Å². The Hall–Kier alpha value is -0.650. The first-order valence-corrected chi connectivity index (χ1v) is 5.33. The van der Waals surface area contributed by atoms with Gasteiger partial charge in [0, 0.05) is 13.2 Å². The maximum absolute atomic E-state index is 11.1. The van der Waals surface area contributed by atoms with Gasteiger partial charge in [-0.15, -0.1) is 0 Å². The molecular formula is C10H21NO4. The summed E-state index contributed by atoms with van der Waals surface area (Å²) in [6, 6.07) is -0.731. The van der Waals surface area contributed by atoms with Gasteiger partial charge < -0.3 is 20.3 Å². The molecule has 0 fully saturated rings. The highest BCUT2D eigenvalue weighted by Crippen LogP contribution is 1.92. The van der Waals surface area contributed by atoms with Crippen molar-refractivity contribution in [1.82, 2.24) is 0 Å². The number of rotatable bonds is 9. The normalized spacial score (nSPS) is 12.5. The molecule has 0 aromatic rings. The average molecular weight is 219 g/mol. The molecule has 0 saturated heterocycles. The lowest BCUT2D eigenvalue weighted by Gasteiger charge is -2.10. The van der Waals surface area contributed by atoms with Crippen molar-refractivity contribution in [3.05, 3.63) is 0 Å². The predicted molar refractivity (Wildman–Crippen MR) is 56.4 cm³/mol. The third kappa shape index (κ3) is 8.35. The van der Waals surface area contributed by atoms with Crippen molar-refractivity contribution in [3.8, 4) is 0 Å². The number of nitrogens with two attached hydrogens (primary N) is 1. The van der Waals surface area contributed by atoms with Crippen LogP contribution in [-0.4, -0.2) is 43.5 Å². The van der Waals surface area contributed by atoms with Crippen molar-refractivity contribution >= 4 is 5.97 Å². The molecular weight excluding hydrogens is 198 g/mol. The zero-order chi connectivity index (χ0) is 11.5. The summed E-state index contributed by atoms with van der Waals surface area (Å²) in [7, 11) is 0. The van der Waals surface area contributed by atoms with Crippen LogP contribution in [0.2, 0.25) is 0 Å². The van der Waals surface area contributed by atoms with E-state index >= 15 is 0 Å². The second kappa shape index (κ2) is 9.89. The number of ether oxygens (including phenoxy) is 2. The van der Waals surface area contributed by atoms with Gasteiger partial charge >= 0.3 is 5.97 Å². The molecule has 5 nitrogen and oxygen atoms in total. The van der Waals surface area contributed by atoms with E-state index < -0.39 is 12.0 Å². The van der Waals surface area contributed by atoms with Gasteiger partial charge in [-0.25, -0.2) is 0 Å². The molecule has 0 aliphatic carbocycles. The molecule has 0 unspecified atom stereocenters. The Labute approximate surface area is 90.5 Å². The summed E-state index contributed by atoms with van der Waals surface area (Å²) in [5.74, 6) is -0.483. The zero-order valence-corrected chi connectivity index (χ0v) is 9.28. The zero-order valence-electron chi connectivity index (χ0n) is 9.28. The van der Waals surface area contributed by atoms with Crippen LogP contribution in [0.15, 0.2) is 0 Å². The molecule has 0 bridgehead atoms. The molecule has 0 aliphatic rings. The van der Waals surface area contributed by atoms with Crippen LogP contribution < -0.4 is 5.73 Å². The van der Waals surface area contributed by atoms with Crippen molar-refractivity contribution in [2.75, 3.05) is 26.4 Å². The van der Waals surface area contributed by atoms with Crippen LogP contribution in [0.4, 0.5) is 0 Å². The number of esters is 1. The number of carbonyl (C=O) groups is 1. The lowest BCUT2D eigenvalue weighted by Crippen LogP contribution is -2.33. The Bertz CT molecular complexity index is 164. The summed E-state index contributed by atoms with van der Waals surface area (Å²) in [5.41, 5.74) is 5.41. The Kier molecular flexibility index (Phi) is 9.46. The standard InChI is InChI=1S/C10H21NO4/c1-2-3-6-14-7-8-15-10(13)9(11)4-5-12/h9,12H,2-8,11H2,1H3/t9-/m0/s1. The molecule has 0 amide bonds. The van der Waals surface area contributed by atoms with E-state index in [4.69, 9.17) is 20.3 Å². The summed E-state index contributed by atoms with van der Waals surface area (Å²) in [5, 5.41) is 8.54. The van der Waals surface area contributed by atoms with Crippen molar-refractivity contribution in [3.63, 3.8) is 0 Å². The van der Waals surface area contributed by atoms with Crippen LogP contribution in [0, 0.1) is 0 Å². The first-order valence-electron chi connectivity index (χ1n) is 5.33. The van der Waals surface area contributed by atoms with E-state index in [2.05, 4.69) is 6.92 Å². The SMILES string of the molecule is CCCCOCCOC(=O)[C@@H](N)CCO. The van der Waals surface area contributed by atoms with Crippen molar-refractivity contribution in [1.29, 1.82) is 0 Å². The van der Waals surface area contributed by atoms with E-state index in [1.54, 1.807) is 0 Å². The number of unbranched alkanes of at least 4 members (excludes halogenated alkanes) is 1. The van der Waals surface area contributed by atoms with E-state index in [1.807, 2.05) is 0 Å². The van der Waals surface area contributed by atoms with Crippen LogP contribution in [0.5, 0.6) is 0 Å². The molecule has 3 N–H and O–H groups in total. The molecule has 0 heterocycles. The van der Waals surface area contributed by atoms with Gasteiger partial charge in [-0.05, 0) is 12.8 Å². The van der Waals surface area contributed by atoms with Gasteiger partial charge in [0.25, 0.3) is 0 Å². The van der Waals surface area contributed by atoms with Gasteiger partial charge in [-0.2, -0.15) is 0 Å². The number of hydrogen-bond donors (Lipinski definition) is 2. The van der Waals surface area contributed by atoms with Crippen molar-refractivity contribution in [2.24, 2.45) is 5.73 Å². The van der Waals surface area contributed by atoms with Gasteiger partial charge in [0.1, 0.15) is 12.6 Å². The lowest BCUT2D eigenvalue weighted by molar-refractivity contribution is -0.147. The molecule has 0 aliphatic heterocycles. The van der Waals surface area contributed by atoms with E-state index in [9.17, 15) is 4.79 Å². The molecule has 0 spiro atoms. The fourth-order valence-electron chi connectivity index (χ4n) is 0.914. The van der Waals surface area contributed by atoms with Crippen LogP contribution in [0.25, 0.3) is 0 Å². The second-order valence-electron chi connectivity index (χ2n) is 3.25. The number of aliphatic hydroxyl groups is 1. The molecule has 1 atom stereocenters. The van der Waals surface area contributed by atoms with Gasteiger partial charge in [-0.3, -0.25) is 4.79 Å². The lowest BCUT2D eigenvalue weighted by atomic mass is 10.2. The minimum Gasteiger partial charge on any atom is -0.462 e. The minimum atomic E-state index is -0.731. The average Bonchev–Trinajstić information content (AvgIpc) is 2.23. The number of aliphatic hydroxyl groups excluding tert-OH is 1. The molecule has 0 aromatic heterocycles. The quantitative estimate of drug-likeness (QED) is 0.423. The van der Waals surface area contributed by atoms with Crippen LogP contribution in [-0.2, 0) is 14.3 Å². The fraction of sp³-hybridized carbons (Fsp3) is 0.900. The van der Waals surface area contributed by atoms with E-state index in [0.717, 1.165) is 12.8 Å². The Morgan fingerprint density at radius 3 is 2.73 bits per heavy atom. The highest BCUT2D eigenvalue weighted by Gasteiger charge is 2.13. The molecule has 15 heavy (non-hydrogen) atoms. The third-order valence-corrected chi connectivity index (χ3v) is 1.86. The molecule has 0 radical (unpaired) electrons. The first kappa shape index (κ1) is 14.3. The summed E-state index contributed by atoms with van der Waals surface area (Å²) >= 11 is 0. The summed E-state index contributed by atoms with van der Waals surface area (Å²) in [6.07, 6.45) is 2.33. The Morgan fingerprint density at radius 2 is 2.13 bits per heavy atom. The maximum atomic E-state index is 11.1. The van der Waals surface area contributed by atoms with Gasteiger partial charge in [0.2, 0.25) is 0 Å². The maximum Gasteiger partial charge on any atom is 0.323 e. The largest absolute Gasteiger partial charge is 0.462 e. The molecule has 5 heteroatoms.